The Bertz CT molecular complexity index is 1300. The van der Waals surface area contributed by atoms with Crippen molar-refractivity contribution < 1.29 is 0 Å². The number of benzene rings is 3. The third-order valence-electron chi connectivity index (χ3n) is 4.97. The molecule has 2 aromatic heterocycles. The number of rotatable bonds is 5. The van der Waals surface area contributed by atoms with E-state index in [1.165, 1.54) is 0 Å². The predicted molar refractivity (Wildman–Crippen MR) is 117 cm³/mol. The lowest BCUT2D eigenvalue weighted by Gasteiger charge is -2.11. The summed E-state index contributed by atoms with van der Waals surface area (Å²) in [6, 6.07) is 24.6. The number of aryl methyl sites for hydroxylation is 1. The number of aromatic amines is 1. The van der Waals surface area contributed by atoms with Gasteiger partial charge in [-0.25, -0.2) is 15.1 Å². The molecule has 7 heteroatoms. The summed E-state index contributed by atoms with van der Waals surface area (Å²) in [4.78, 5) is 9.08. The number of nitrogens with zero attached hydrogens (tertiary/aromatic N) is 5. The van der Waals surface area contributed by atoms with Crippen molar-refractivity contribution in [2.45, 2.75) is 13.5 Å². The Morgan fingerprint density at radius 2 is 1.60 bits per heavy atom. The molecule has 30 heavy (non-hydrogen) atoms. The van der Waals surface area contributed by atoms with Crippen LogP contribution in [0.5, 0.6) is 0 Å². The van der Waals surface area contributed by atoms with E-state index < -0.39 is 0 Å². The summed E-state index contributed by atoms with van der Waals surface area (Å²) in [5.74, 6) is 2.26. The van der Waals surface area contributed by atoms with Gasteiger partial charge in [0.15, 0.2) is 5.82 Å². The van der Waals surface area contributed by atoms with Crippen LogP contribution in [0.4, 0.5) is 5.82 Å². The summed E-state index contributed by atoms with van der Waals surface area (Å²) in [6.45, 7) is 2.59. The zero-order valence-corrected chi connectivity index (χ0v) is 16.4. The molecule has 2 heterocycles. The van der Waals surface area contributed by atoms with Gasteiger partial charge in [0.2, 0.25) is 0 Å². The van der Waals surface area contributed by atoms with Gasteiger partial charge in [-0.3, -0.25) is 0 Å². The van der Waals surface area contributed by atoms with Gasteiger partial charge in [-0.2, -0.15) is 0 Å². The summed E-state index contributed by atoms with van der Waals surface area (Å²) in [5, 5.41) is 18.7. The Morgan fingerprint density at radius 3 is 2.40 bits per heavy atom. The van der Waals surface area contributed by atoms with Gasteiger partial charge in [0.1, 0.15) is 11.6 Å². The first kappa shape index (κ1) is 17.9. The van der Waals surface area contributed by atoms with Crippen LogP contribution >= 0.6 is 0 Å². The molecule has 0 amide bonds. The first-order valence-electron chi connectivity index (χ1n) is 9.67. The van der Waals surface area contributed by atoms with Crippen molar-refractivity contribution >= 4 is 16.7 Å². The lowest BCUT2D eigenvalue weighted by Crippen LogP contribution is -2.04. The molecule has 5 rings (SSSR count). The molecule has 2 N–H and O–H groups in total. The monoisotopic (exact) mass is 393 g/mol. The van der Waals surface area contributed by atoms with Crippen LogP contribution < -0.4 is 5.32 Å². The topological polar surface area (TPSA) is 92.3 Å². The van der Waals surface area contributed by atoms with E-state index in [0.29, 0.717) is 12.4 Å². The molecule has 0 bridgehead atoms. The molecule has 0 unspecified atom stereocenters. The highest BCUT2D eigenvalue weighted by Crippen LogP contribution is 2.30. The van der Waals surface area contributed by atoms with Crippen molar-refractivity contribution in [1.29, 1.82) is 0 Å². The van der Waals surface area contributed by atoms with Gasteiger partial charge in [-0.05, 0) is 46.2 Å². The van der Waals surface area contributed by atoms with Gasteiger partial charge in [-0.1, -0.05) is 60.7 Å². The van der Waals surface area contributed by atoms with E-state index in [1.54, 1.807) is 0 Å². The van der Waals surface area contributed by atoms with Crippen molar-refractivity contribution in [3.8, 4) is 22.5 Å². The van der Waals surface area contributed by atoms with E-state index in [2.05, 4.69) is 66.2 Å². The molecule has 0 saturated heterocycles. The Balaban J connectivity index is 1.39. The molecule has 7 nitrogen and oxygen atoms in total. The number of anilines is 1. The summed E-state index contributed by atoms with van der Waals surface area (Å²) >= 11 is 0. The maximum Gasteiger partial charge on any atom is 0.180 e. The summed E-state index contributed by atoms with van der Waals surface area (Å²) in [6.07, 6.45) is 0. The normalized spacial score (nSPS) is 11.0. The van der Waals surface area contributed by atoms with Crippen LogP contribution in [-0.4, -0.2) is 30.6 Å². The fourth-order valence-electron chi connectivity index (χ4n) is 3.53. The molecule has 3 aromatic carbocycles. The first-order chi connectivity index (χ1) is 14.8. The summed E-state index contributed by atoms with van der Waals surface area (Å²) in [5.41, 5.74) is 5.26. The highest BCUT2D eigenvalue weighted by molar-refractivity contribution is 5.89. The second-order valence-corrected chi connectivity index (χ2v) is 6.98. The highest BCUT2D eigenvalue weighted by Gasteiger charge is 2.10. The van der Waals surface area contributed by atoms with Crippen LogP contribution in [0.25, 0.3) is 33.4 Å². The van der Waals surface area contributed by atoms with Gasteiger partial charge in [0.25, 0.3) is 0 Å². The fraction of sp³-hybridized carbons (Fsp3) is 0.0870. The van der Waals surface area contributed by atoms with Gasteiger partial charge in [0, 0.05) is 17.5 Å². The van der Waals surface area contributed by atoms with Gasteiger partial charge in [-0.15, -0.1) is 5.10 Å². The van der Waals surface area contributed by atoms with Crippen LogP contribution in [0.15, 0.2) is 72.8 Å². The zero-order chi connectivity index (χ0) is 20.3. The Hall–Kier alpha value is -4.13. The molecular formula is C23H19N7. The van der Waals surface area contributed by atoms with Crippen LogP contribution in [0.2, 0.25) is 0 Å². The van der Waals surface area contributed by atoms with E-state index in [-0.39, 0.29) is 0 Å². The molecule has 0 spiro atoms. The Kier molecular flexibility index (Phi) is 4.61. The second kappa shape index (κ2) is 7.71. The molecule has 0 aliphatic rings. The summed E-state index contributed by atoms with van der Waals surface area (Å²) < 4.78 is 0. The molecule has 0 aliphatic heterocycles. The average molecular weight is 393 g/mol. The molecule has 0 saturated carbocycles. The number of hydrogen-bond donors (Lipinski definition) is 2. The molecule has 0 atom stereocenters. The van der Waals surface area contributed by atoms with Crippen LogP contribution in [0.1, 0.15) is 11.4 Å². The predicted octanol–water partition coefficient (Wildman–Crippen LogP) is 4.40. The fourth-order valence-corrected chi connectivity index (χ4v) is 3.53. The third kappa shape index (κ3) is 3.48. The van der Waals surface area contributed by atoms with E-state index in [0.717, 1.165) is 44.8 Å². The van der Waals surface area contributed by atoms with Crippen LogP contribution in [0, 0.1) is 6.92 Å². The number of para-hydroxylation sites is 1. The average Bonchev–Trinajstić information content (AvgIpc) is 3.33. The quantitative estimate of drug-likeness (QED) is 0.460. The SMILES string of the molecule is Cc1nc(NCc2ccc(-c3ccccc3-c3nnn[nH]3)cc2)c2ccccc2n1. The van der Waals surface area contributed by atoms with E-state index in [9.17, 15) is 0 Å². The van der Waals surface area contributed by atoms with Crippen molar-refractivity contribution in [2.24, 2.45) is 0 Å². The van der Waals surface area contributed by atoms with Crippen LogP contribution in [-0.2, 0) is 6.54 Å². The van der Waals surface area contributed by atoms with E-state index in [4.69, 9.17) is 0 Å². The lowest BCUT2D eigenvalue weighted by molar-refractivity contribution is 0.881. The largest absolute Gasteiger partial charge is 0.365 e. The molecule has 0 fully saturated rings. The molecule has 146 valence electrons. The molecule has 5 aromatic rings. The first-order valence-corrected chi connectivity index (χ1v) is 9.67. The van der Waals surface area contributed by atoms with Gasteiger partial charge < -0.3 is 5.32 Å². The minimum absolute atomic E-state index is 0.655. The number of fused-ring (bicyclic) bond motifs is 1. The summed E-state index contributed by atoms with van der Waals surface area (Å²) in [7, 11) is 0. The van der Waals surface area contributed by atoms with Crippen molar-refractivity contribution in [2.75, 3.05) is 5.32 Å². The molecule has 0 aliphatic carbocycles. The second-order valence-electron chi connectivity index (χ2n) is 6.98. The van der Waals surface area contributed by atoms with Gasteiger partial charge in [0.05, 0.1) is 5.52 Å². The number of nitrogens with one attached hydrogen (secondary N) is 2. The van der Waals surface area contributed by atoms with Gasteiger partial charge >= 0.3 is 0 Å². The number of hydrogen-bond acceptors (Lipinski definition) is 6. The Morgan fingerprint density at radius 1 is 0.833 bits per heavy atom. The lowest BCUT2D eigenvalue weighted by atomic mass is 9.98. The smallest absolute Gasteiger partial charge is 0.180 e. The van der Waals surface area contributed by atoms with Crippen molar-refractivity contribution in [3.05, 3.63) is 84.2 Å². The maximum atomic E-state index is 4.58. The number of H-pyrrole nitrogens is 1. The number of tetrazole rings is 1. The molecule has 0 radical (unpaired) electrons. The molecular weight excluding hydrogens is 374 g/mol. The van der Waals surface area contributed by atoms with Crippen LogP contribution in [0.3, 0.4) is 0 Å². The van der Waals surface area contributed by atoms with Crippen molar-refractivity contribution in [3.63, 3.8) is 0 Å². The number of aromatic nitrogens is 6. The van der Waals surface area contributed by atoms with E-state index >= 15 is 0 Å². The standard InChI is InChI=1S/C23H19N7/c1-15-25-21-9-5-4-8-20(21)22(26-15)24-14-16-10-12-17(13-11-16)18-6-2-3-7-19(18)23-27-29-30-28-23/h2-13H,14H2,1H3,(H,24,25,26)(H,27,28,29,30). The van der Waals surface area contributed by atoms with E-state index in [1.807, 2.05) is 49.4 Å². The van der Waals surface area contributed by atoms with Crippen molar-refractivity contribution in [1.82, 2.24) is 30.6 Å². The Labute approximate surface area is 173 Å². The third-order valence-corrected chi connectivity index (χ3v) is 4.97. The maximum absolute atomic E-state index is 4.58. The highest BCUT2D eigenvalue weighted by atomic mass is 15.5. The zero-order valence-electron chi connectivity index (χ0n) is 16.4. The minimum Gasteiger partial charge on any atom is -0.365 e. The minimum atomic E-state index is 0.655.